The molecule has 1 aromatic rings. The van der Waals surface area contributed by atoms with Gasteiger partial charge < -0.3 is 9.88 Å². The largest absolute Gasteiger partial charge is 0.340 e. The van der Waals surface area contributed by atoms with Gasteiger partial charge in [0.05, 0.1) is 5.84 Å². The lowest BCUT2D eigenvalue weighted by atomic mass is 10.2. The molecule has 0 saturated carbocycles. The summed E-state index contributed by atoms with van der Waals surface area (Å²) >= 11 is 3.37. The highest BCUT2D eigenvalue weighted by Gasteiger charge is 2.05. The molecule has 0 bridgehead atoms. The average molecular weight is 314 g/mol. The predicted octanol–water partition coefficient (Wildman–Crippen LogP) is 3.17. The maximum absolute atomic E-state index is 11.9. The van der Waals surface area contributed by atoms with Gasteiger partial charge >= 0.3 is 0 Å². The summed E-state index contributed by atoms with van der Waals surface area (Å²) in [6.45, 7) is 6.10. The van der Waals surface area contributed by atoms with E-state index in [1.807, 2.05) is 6.92 Å². The second-order valence-corrected chi connectivity index (χ2v) is 5.38. The SMILES string of the molecule is CCCC(C)N=C(C)Nc1cc(Br)cn(C)c1=O. The van der Waals surface area contributed by atoms with Gasteiger partial charge in [-0.2, -0.15) is 0 Å². The van der Waals surface area contributed by atoms with E-state index in [9.17, 15) is 4.79 Å². The van der Waals surface area contributed by atoms with Crippen molar-refractivity contribution in [2.45, 2.75) is 39.7 Å². The Bertz CT molecular complexity index is 493. The van der Waals surface area contributed by atoms with Crippen molar-refractivity contribution in [2.24, 2.45) is 12.0 Å². The lowest BCUT2D eigenvalue weighted by Gasteiger charge is -2.10. The number of anilines is 1. The maximum atomic E-state index is 11.9. The van der Waals surface area contributed by atoms with Crippen LogP contribution in [0.2, 0.25) is 0 Å². The van der Waals surface area contributed by atoms with E-state index in [0.29, 0.717) is 5.69 Å². The normalized spacial score (nSPS) is 13.5. The first-order valence-electron chi connectivity index (χ1n) is 6.11. The van der Waals surface area contributed by atoms with Gasteiger partial charge in [-0.25, -0.2) is 0 Å². The topological polar surface area (TPSA) is 46.4 Å². The zero-order valence-electron chi connectivity index (χ0n) is 11.3. The van der Waals surface area contributed by atoms with E-state index in [1.165, 1.54) is 4.57 Å². The fraction of sp³-hybridized carbons (Fsp3) is 0.538. The molecule has 1 unspecified atom stereocenters. The molecule has 100 valence electrons. The Morgan fingerprint density at radius 1 is 1.61 bits per heavy atom. The molecule has 0 aromatic carbocycles. The first-order chi connectivity index (χ1) is 8.43. The van der Waals surface area contributed by atoms with E-state index in [2.05, 4.69) is 40.1 Å². The number of hydrogen-bond acceptors (Lipinski definition) is 2. The Morgan fingerprint density at radius 3 is 2.89 bits per heavy atom. The third kappa shape index (κ3) is 4.29. The molecule has 0 aliphatic heterocycles. The van der Waals surface area contributed by atoms with Crippen LogP contribution in [0.3, 0.4) is 0 Å². The van der Waals surface area contributed by atoms with Crippen molar-refractivity contribution in [1.82, 2.24) is 4.57 Å². The van der Waals surface area contributed by atoms with Gasteiger partial charge in [-0.15, -0.1) is 0 Å². The van der Waals surface area contributed by atoms with E-state index in [-0.39, 0.29) is 11.6 Å². The molecule has 1 heterocycles. The zero-order valence-corrected chi connectivity index (χ0v) is 12.9. The highest BCUT2D eigenvalue weighted by Crippen LogP contribution is 2.11. The van der Waals surface area contributed by atoms with Crippen LogP contribution in [-0.2, 0) is 7.05 Å². The molecule has 0 fully saturated rings. The third-order valence-electron chi connectivity index (χ3n) is 2.59. The summed E-state index contributed by atoms with van der Waals surface area (Å²) in [7, 11) is 1.73. The monoisotopic (exact) mass is 313 g/mol. The van der Waals surface area contributed by atoms with Crippen molar-refractivity contribution in [3.05, 3.63) is 27.1 Å². The highest BCUT2D eigenvalue weighted by molar-refractivity contribution is 9.10. The van der Waals surface area contributed by atoms with Gasteiger partial charge in [-0.1, -0.05) is 13.3 Å². The quantitative estimate of drug-likeness (QED) is 0.685. The summed E-state index contributed by atoms with van der Waals surface area (Å²) in [6, 6.07) is 2.05. The fourth-order valence-electron chi connectivity index (χ4n) is 1.80. The summed E-state index contributed by atoms with van der Waals surface area (Å²) in [6.07, 6.45) is 3.89. The average Bonchev–Trinajstić information content (AvgIpc) is 2.25. The Balaban J connectivity index is 2.88. The number of pyridine rings is 1. The number of nitrogens with one attached hydrogen (secondary N) is 1. The van der Waals surface area contributed by atoms with E-state index in [0.717, 1.165) is 23.1 Å². The van der Waals surface area contributed by atoms with E-state index in [1.54, 1.807) is 19.3 Å². The van der Waals surface area contributed by atoms with Crippen LogP contribution in [0.15, 0.2) is 26.5 Å². The predicted molar refractivity (Wildman–Crippen MR) is 80.5 cm³/mol. The van der Waals surface area contributed by atoms with Crippen LogP contribution in [-0.4, -0.2) is 16.4 Å². The molecular formula is C13H20BrN3O. The second-order valence-electron chi connectivity index (χ2n) is 4.47. The van der Waals surface area contributed by atoms with Crippen molar-refractivity contribution >= 4 is 27.5 Å². The molecule has 4 nitrogen and oxygen atoms in total. The summed E-state index contributed by atoms with van der Waals surface area (Å²) in [5.41, 5.74) is 0.479. The summed E-state index contributed by atoms with van der Waals surface area (Å²) < 4.78 is 2.40. The van der Waals surface area contributed by atoms with Crippen molar-refractivity contribution in [3.63, 3.8) is 0 Å². The number of aromatic nitrogens is 1. The Kier molecular flexibility index (Phi) is 5.59. The van der Waals surface area contributed by atoms with Gasteiger partial charge in [0.15, 0.2) is 0 Å². The molecule has 1 aromatic heterocycles. The van der Waals surface area contributed by atoms with Crippen molar-refractivity contribution in [1.29, 1.82) is 0 Å². The van der Waals surface area contributed by atoms with Gasteiger partial charge in [0.1, 0.15) is 5.69 Å². The molecule has 0 radical (unpaired) electrons. The number of halogens is 1. The molecule has 1 rings (SSSR count). The highest BCUT2D eigenvalue weighted by atomic mass is 79.9. The molecular weight excluding hydrogens is 294 g/mol. The van der Waals surface area contributed by atoms with Crippen LogP contribution >= 0.6 is 15.9 Å². The minimum atomic E-state index is -0.0594. The number of rotatable bonds is 4. The van der Waals surface area contributed by atoms with Crippen LogP contribution in [0.1, 0.15) is 33.6 Å². The van der Waals surface area contributed by atoms with Gasteiger partial charge in [0.25, 0.3) is 5.56 Å². The summed E-state index contributed by atoms with van der Waals surface area (Å²) in [4.78, 5) is 16.4. The lowest BCUT2D eigenvalue weighted by molar-refractivity contribution is 0.654. The molecule has 0 aliphatic carbocycles. The first-order valence-corrected chi connectivity index (χ1v) is 6.91. The minimum absolute atomic E-state index is 0.0594. The molecule has 0 saturated heterocycles. The van der Waals surface area contributed by atoms with Crippen molar-refractivity contribution in [2.75, 3.05) is 5.32 Å². The number of nitrogens with zero attached hydrogens (tertiary/aromatic N) is 2. The fourth-order valence-corrected chi connectivity index (χ4v) is 2.34. The maximum Gasteiger partial charge on any atom is 0.274 e. The molecule has 18 heavy (non-hydrogen) atoms. The zero-order chi connectivity index (χ0) is 13.7. The first kappa shape index (κ1) is 15.0. The molecule has 1 atom stereocenters. The van der Waals surface area contributed by atoms with Crippen LogP contribution in [0.25, 0.3) is 0 Å². The minimum Gasteiger partial charge on any atom is -0.340 e. The van der Waals surface area contributed by atoms with Crippen molar-refractivity contribution in [3.8, 4) is 0 Å². The number of amidine groups is 1. The number of aliphatic imine (C=N–C) groups is 1. The Hall–Kier alpha value is -1.10. The van der Waals surface area contributed by atoms with Gasteiger partial charge in [-0.05, 0) is 42.3 Å². The Morgan fingerprint density at radius 2 is 2.28 bits per heavy atom. The number of aryl methyl sites for hydroxylation is 1. The standard InChI is InChI=1S/C13H20BrN3O/c1-5-6-9(2)15-10(3)16-12-7-11(14)8-17(4)13(12)18/h7-9H,5-6H2,1-4H3,(H,15,16). The molecule has 1 N–H and O–H groups in total. The van der Waals surface area contributed by atoms with E-state index < -0.39 is 0 Å². The molecule has 0 spiro atoms. The van der Waals surface area contributed by atoms with Crippen LogP contribution in [0, 0.1) is 0 Å². The molecule has 5 heteroatoms. The number of hydrogen-bond donors (Lipinski definition) is 1. The smallest absolute Gasteiger partial charge is 0.274 e. The van der Waals surface area contributed by atoms with Gasteiger partial charge in [-0.3, -0.25) is 9.79 Å². The van der Waals surface area contributed by atoms with Crippen LogP contribution in [0.5, 0.6) is 0 Å². The van der Waals surface area contributed by atoms with Crippen molar-refractivity contribution < 1.29 is 0 Å². The second kappa shape index (κ2) is 6.73. The summed E-state index contributed by atoms with van der Waals surface area (Å²) in [5.74, 6) is 0.770. The van der Waals surface area contributed by atoms with Crippen LogP contribution in [0.4, 0.5) is 5.69 Å². The summed E-state index contributed by atoms with van der Waals surface area (Å²) in [5, 5.41) is 3.07. The van der Waals surface area contributed by atoms with E-state index in [4.69, 9.17) is 0 Å². The van der Waals surface area contributed by atoms with Crippen LogP contribution < -0.4 is 10.9 Å². The lowest BCUT2D eigenvalue weighted by Crippen LogP contribution is -2.23. The molecule has 0 amide bonds. The Labute approximate surface area is 116 Å². The van der Waals surface area contributed by atoms with Gasteiger partial charge in [0.2, 0.25) is 0 Å². The van der Waals surface area contributed by atoms with E-state index >= 15 is 0 Å². The third-order valence-corrected chi connectivity index (χ3v) is 3.02. The van der Waals surface area contributed by atoms with Gasteiger partial charge in [0, 0.05) is 23.8 Å². The molecule has 0 aliphatic rings.